The maximum Gasteiger partial charge on any atom is 0.309 e. The maximum atomic E-state index is 11.2. The molecule has 19 heavy (non-hydrogen) atoms. The van der Waals surface area contributed by atoms with Crippen molar-refractivity contribution in [1.82, 2.24) is 4.90 Å². The molecule has 2 heterocycles. The summed E-state index contributed by atoms with van der Waals surface area (Å²) in [6.07, 6.45) is 2.59. The van der Waals surface area contributed by atoms with Gasteiger partial charge in [0, 0.05) is 15.8 Å². The van der Waals surface area contributed by atoms with E-state index < -0.39 is 11.4 Å². The number of thiophene rings is 1. The van der Waals surface area contributed by atoms with Crippen LogP contribution in [0.5, 0.6) is 0 Å². The molecule has 1 unspecified atom stereocenters. The van der Waals surface area contributed by atoms with Gasteiger partial charge in [-0.15, -0.1) is 11.3 Å². The largest absolute Gasteiger partial charge is 0.481 e. The normalized spacial score (nSPS) is 21.2. The highest BCUT2D eigenvalue weighted by molar-refractivity contribution is 7.12. The third-order valence-corrected chi connectivity index (χ3v) is 5.81. The van der Waals surface area contributed by atoms with Gasteiger partial charge in [0.1, 0.15) is 0 Å². The Hall–Kier alpha value is -0.870. The first kappa shape index (κ1) is 14.5. The number of carboxylic acid groups (broad SMARTS) is 1. The number of carbonyl (C=O) groups is 1. The number of aliphatic carboxylic acids is 1. The first-order valence-corrected chi connectivity index (χ1v) is 7.84. The van der Waals surface area contributed by atoms with Gasteiger partial charge in [-0.3, -0.25) is 9.69 Å². The zero-order valence-corrected chi connectivity index (χ0v) is 12.8. The van der Waals surface area contributed by atoms with Crippen molar-refractivity contribution in [2.75, 3.05) is 13.1 Å². The minimum atomic E-state index is -0.649. The van der Waals surface area contributed by atoms with Gasteiger partial charge < -0.3 is 5.11 Å². The summed E-state index contributed by atoms with van der Waals surface area (Å²) in [7, 11) is 0. The molecule has 0 amide bonds. The van der Waals surface area contributed by atoms with Crippen LogP contribution in [-0.4, -0.2) is 29.1 Å². The highest BCUT2D eigenvalue weighted by Gasteiger charge is 2.38. The molecular formula is C15H23NO2S. The highest BCUT2D eigenvalue weighted by atomic mass is 32.1. The van der Waals surface area contributed by atoms with Crippen LogP contribution in [0.15, 0.2) is 12.1 Å². The van der Waals surface area contributed by atoms with Crippen LogP contribution in [0.2, 0.25) is 0 Å². The van der Waals surface area contributed by atoms with E-state index in [1.807, 2.05) is 18.3 Å². The molecule has 1 aromatic heterocycles. The van der Waals surface area contributed by atoms with Crippen molar-refractivity contribution in [1.29, 1.82) is 0 Å². The van der Waals surface area contributed by atoms with Gasteiger partial charge in [0.25, 0.3) is 0 Å². The topological polar surface area (TPSA) is 40.5 Å². The Morgan fingerprint density at radius 2 is 2.11 bits per heavy atom. The lowest BCUT2D eigenvalue weighted by Gasteiger charge is -2.39. The van der Waals surface area contributed by atoms with E-state index in [0.29, 0.717) is 6.04 Å². The molecule has 3 nitrogen and oxygen atoms in total. The second kappa shape index (κ2) is 5.63. The maximum absolute atomic E-state index is 11.2. The number of hydrogen-bond acceptors (Lipinski definition) is 3. The van der Waals surface area contributed by atoms with Crippen LogP contribution in [0.4, 0.5) is 0 Å². The molecule has 1 N–H and O–H groups in total. The third kappa shape index (κ3) is 3.00. The van der Waals surface area contributed by atoms with Crippen LogP contribution in [0.1, 0.15) is 49.4 Å². The molecule has 1 aliphatic heterocycles. The van der Waals surface area contributed by atoms with Crippen molar-refractivity contribution < 1.29 is 9.90 Å². The van der Waals surface area contributed by atoms with Crippen molar-refractivity contribution >= 4 is 17.3 Å². The molecule has 0 radical (unpaired) electrons. The van der Waals surface area contributed by atoms with Crippen molar-refractivity contribution in [3.05, 3.63) is 21.9 Å². The summed E-state index contributed by atoms with van der Waals surface area (Å²) in [5.41, 5.74) is -0.528. The van der Waals surface area contributed by atoms with Crippen LogP contribution in [0, 0.1) is 5.41 Å². The van der Waals surface area contributed by atoms with Gasteiger partial charge in [0.2, 0.25) is 0 Å². The van der Waals surface area contributed by atoms with E-state index in [1.165, 1.54) is 9.75 Å². The van der Waals surface area contributed by atoms with E-state index >= 15 is 0 Å². The lowest BCUT2D eigenvalue weighted by atomic mass is 9.80. The molecule has 106 valence electrons. The Balaban J connectivity index is 1.99. The van der Waals surface area contributed by atoms with Crippen LogP contribution in [0.3, 0.4) is 0 Å². The Morgan fingerprint density at radius 3 is 2.58 bits per heavy atom. The molecule has 4 heteroatoms. The standard InChI is InChI=1S/C15H23NO2S/c1-4-12-5-6-13(19-12)11(2)16-9-7-15(3,8-10-16)14(17)18/h5-6,11H,4,7-10H2,1-3H3,(H,17,18). The zero-order valence-electron chi connectivity index (χ0n) is 12.0. The molecular weight excluding hydrogens is 258 g/mol. The van der Waals surface area contributed by atoms with Gasteiger partial charge in [-0.25, -0.2) is 0 Å². The van der Waals surface area contributed by atoms with Crippen LogP contribution < -0.4 is 0 Å². The predicted octanol–water partition coefficient (Wildman–Crippen LogP) is 3.56. The fourth-order valence-corrected chi connectivity index (χ4v) is 3.65. The Morgan fingerprint density at radius 1 is 1.47 bits per heavy atom. The average Bonchev–Trinajstić information content (AvgIpc) is 2.87. The number of hydrogen-bond donors (Lipinski definition) is 1. The average molecular weight is 281 g/mol. The second-order valence-corrected chi connectivity index (χ2v) is 6.94. The molecule has 1 aromatic rings. The lowest BCUT2D eigenvalue weighted by molar-refractivity contribution is -0.151. The summed E-state index contributed by atoms with van der Waals surface area (Å²) >= 11 is 1.88. The van der Waals surface area contributed by atoms with Crippen molar-refractivity contribution in [3.63, 3.8) is 0 Å². The summed E-state index contributed by atoms with van der Waals surface area (Å²) in [4.78, 5) is 16.5. The van der Waals surface area contributed by atoms with Gasteiger partial charge >= 0.3 is 5.97 Å². The van der Waals surface area contributed by atoms with Gasteiger partial charge in [-0.2, -0.15) is 0 Å². The van der Waals surface area contributed by atoms with E-state index in [2.05, 4.69) is 30.9 Å². The Labute approximate surface area is 119 Å². The van der Waals surface area contributed by atoms with Gasteiger partial charge in [0.05, 0.1) is 5.41 Å². The molecule has 1 saturated heterocycles. The van der Waals surface area contributed by atoms with Gasteiger partial charge in [0.15, 0.2) is 0 Å². The number of likely N-dealkylation sites (tertiary alicyclic amines) is 1. The van der Waals surface area contributed by atoms with Crippen LogP contribution >= 0.6 is 11.3 Å². The monoisotopic (exact) mass is 281 g/mol. The van der Waals surface area contributed by atoms with E-state index in [9.17, 15) is 9.90 Å². The molecule has 0 saturated carbocycles. The SMILES string of the molecule is CCc1ccc(C(C)N2CCC(C)(C(=O)O)CC2)s1. The van der Waals surface area contributed by atoms with Crippen molar-refractivity contribution in [2.45, 2.75) is 46.1 Å². The molecule has 0 aromatic carbocycles. The summed E-state index contributed by atoms with van der Waals surface area (Å²) < 4.78 is 0. The molecule has 0 spiro atoms. The molecule has 1 atom stereocenters. The smallest absolute Gasteiger partial charge is 0.309 e. The van der Waals surface area contributed by atoms with E-state index in [4.69, 9.17) is 0 Å². The molecule has 2 rings (SSSR count). The summed E-state index contributed by atoms with van der Waals surface area (Å²) in [6.45, 7) is 8.04. The number of aryl methyl sites for hydroxylation is 1. The van der Waals surface area contributed by atoms with Crippen LogP contribution in [0.25, 0.3) is 0 Å². The minimum absolute atomic E-state index is 0.406. The molecule has 0 aliphatic carbocycles. The summed E-state index contributed by atoms with van der Waals surface area (Å²) in [5, 5.41) is 9.26. The highest BCUT2D eigenvalue weighted by Crippen LogP contribution is 2.36. The second-order valence-electron chi connectivity index (χ2n) is 5.74. The number of rotatable bonds is 4. The predicted molar refractivity (Wildman–Crippen MR) is 78.7 cm³/mol. The molecule has 1 aliphatic rings. The summed E-state index contributed by atoms with van der Waals surface area (Å²) in [5.74, 6) is -0.649. The fourth-order valence-electron chi connectivity index (χ4n) is 2.61. The van der Waals surface area contributed by atoms with Gasteiger partial charge in [-0.05, 0) is 58.3 Å². The number of carboxylic acids is 1. The number of nitrogens with zero attached hydrogens (tertiary/aromatic N) is 1. The van der Waals surface area contributed by atoms with Crippen molar-refractivity contribution in [2.24, 2.45) is 5.41 Å². The third-order valence-electron chi connectivity index (χ3n) is 4.41. The fraction of sp³-hybridized carbons (Fsp3) is 0.667. The zero-order chi connectivity index (χ0) is 14.0. The Kier molecular flexibility index (Phi) is 4.31. The summed E-state index contributed by atoms with van der Waals surface area (Å²) in [6, 6.07) is 4.84. The van der Waals surface area contributed by atoms with E-state index in [-0.39, 0.29) is 0 Å². The van der Waals surface area contributed by atoms with Crippen molar-refractivity contribution in [3.8, 4) is 0 Å². The van der Waals surface area contributed by atoms with Crippen LogP contribution in [-0.2, 0) is 11.2 Å². The van der Waals surface area contributed by atoms with E-state index in [0.717, 1.165) is 32.4 Å². The molecule has 1 fully saturated rings. The van der Waals surface area contributed by atoms with E-state index in [1.54, 1.807) is 0 Å². The minimum Gasteiger partial charge on any atom is -0.481 e. The lowest BCUT2D eigenvalue weighted by Crippen LogP contribution is -2.43. The van der Waals surface area contributed by atoms with Gasteiger partial charge in [-0.1, -0.05) is 6.92 Å². The number of piperidine rings is 1. The first-order valence-electron chi connectivity index (χ1n) is 7.02. The first-order chi connectivity index (χ1) is 8.96. The quantitative estimate of drug-likeness (QED) is 0.917. The molecule has 0 bridgehead atoms. The Bertz CT molecular complexity index is 447.